The van der Waals surface area contributed by atoms with Crippen molar-refractivity contribution in [2.45, 2.75) is 51.9 Å². The molecule has 172 valence electrons. The number of nitrogens with one attached hydrogen (secondary N) is 1. The van der Waals surface area contributed by atoms with Crippen molar-refractivity contribution in [1.29, 1.82) is 0 Å². The Hall–Kier alpha value is -2.37. The van der Waals surface area contributed by atoms with Crippen molar-refractivity contribution in [3.63, 3.8) is 0 Å². The monoisotopic (exact) mass is 437 g/mol. The van der Waals surface area contributed by atoms with E-state index in [2.05, 4.69) is 12.2 Å². The van der Waals surface area contributed by atoms with E-state index in [4.69, 9.17) is 0 Å². The molecule has 0 radical (unpaired) electrons. The number of hydrogen-bond donors (Lipinski definition) is 1. The number of aryl methyl sites for hydroxylation is 1. The first-order valence-corrected chi connectivity index (χ1v) is 12.4. The summed E-state index contributed by atoms with van der Waals surface area (Å²) in [6.07, 6.45) is 7.90. The predicted molar refractivity (Wildman–Crippen MR) is 122 cm³/mol. The molecule has 1 N–H and O–H groups in total. The molecule has 4 aliphatic carbocycles. The molecule has 0 aromatic heterocycles. The normalized spacial score (nSPS) is 31.0. The summed E-state index contributed by atoms with van der Waals surface area (Å²) >= 11 is 0. The van der Waals surface area contributed by atoms with Gasteiger partial charge in [0.15, 0.2) is 0 Å². The summed E-state index contributed by atoms with van der Waals surface area (Å²) in [7, 11) is 0. The smallest absolute Gasteiger partial charge is 0.253 e. The molecule has 32 heavy (non-hydrogen) atoms. The minimum absolute atomic E-state index is 0.0230. The Morgan fingerprint density at radius 3 is 1.94 bits per heavy atom. The molecule has 0 spiro atoms. The number of carbonyl (C=O) groups excluding carboxylic acids is 3. The average molecular weight is 438 g/mol. The number of nitrogens with zero attached hydrogens (tertiary/aromatic N) is 2. The third-order valence-electron chi connectivity index (χ3n) is 8.45. The molecular weight excluding hydrogens is 402 g/mol. The van der Waals surface area contributed by atoms with Crippen LogP contribution in [0.3, 0.4) is 0 Å². The Kier molecular flexibility index (Phi) is 5.72. The van der Waals surface area contributed by atoms with E-state index in [0.29, 0.717) is 49.5 Å². The summed E-state index contributed by atoms with van der Waals surface area (Å²) in [5.41, 5.74) is 1.70. The minimum Gasteiger partial charge on any atom is -0.347 e. The lowest BCUT2D eigenvalue weighted by atomic mass is 9.49. The highest BCUT2D eigenvalue weighted by molar-refractivity contribution is 5.94. The van der Waals surface area contributed by atoms with Crippen LogP contribution in [0.4, 0.5) is 0 Å². The van der Waals surface area contributed by atoms with Crippen molar-refractivity contribution in [3.05, 3.63) is 35.4 Å². The SMILES string of the molecule is CCc1ccc(C(=O)N2CCN(C(=O)CNC(=O)C34CC5CC(CC(C5)C3)C4)CC2)cc1. The third kappa shape index (κ3) is 4.04. The molecule has 0 unspecified atom stereocenters. The topological polar surface area (TPSA) is 69.7 Å². The number of piperazine rings is 1. The lowest BCUT2D eigenvalue weighted by Gasteiger charge is -2.55. The fourth-order valence-corrected chi connectivity index (χ4v) is 7.07. The molecule has 4 bridgehead atoms. The van der Waals surface area contributed by atoms with Crippen LogP contribution < -0.4 is 5.32 Å². The van der Waals surface area contributed by atoms with E-state index in [1.165, 1.54) is 24.8 Å². The van der Waals surface area contributed by atoms with Crippen molar-refractivity contribution in [1.82, 2.24) is 15.1 Å². The van der Waals surface area contributed by atoms with Crippen LogP contribution in [0.25, 0.3) is 0 Å². The summed E-state index contributed by atoms with van der Waals surface area (Å²) in [5, 5.41) is 3.00. The number of hydrogen-bond acceptors (Lipinski definition) is 3. The van der Waals surface area contributed by atoms with Gasteiger partial charge in [-0.2, -0.15) is 0 Å². The van der Waals surface area contributed by atoms with Crippen molar-refractivity contribution in [2.24, 2.45) is 23.2 Å². The van der Waals surface area contributed by atoms with E-state index < -0.39 is 0 Å². The molecule has 3 amide bonds. The second kappa shape index (κ2) is 8.53. The maximum Gasteiger partial charge on any atom is 0.253 e. The Balaban J connectivity index is 1.10. The van der Waals surface area contributed by atoms with Gasteiger partial charge in [0.2, 0.25) is 11.8 Å². The van der Waals surface area contributed by atoms with Gasteiger partial charge in [0, 0.05) is 37.2 Å². The summed E-state index contributed by atoms with van der Waals surface area (Å²) < 4.78 is 0. The number of amides is 3. The fraction of sp³-hybridized carbons (Fsp3) is 0.654. The summed E-state index contributed by atoms with van der Waals surface area (Å²) in [6, 6.07) is 7.77. The number of carbonyl (C=O) groups is 3. The highest BCUT2D eigenvalue weighted by Crippen LogP contribution is 2.60. The van der Waals surface area contributed by atoms with Gasteiger partial charge in [-0.25, -0.2) is 0 Å². The van der Waals surface area contributed by atoms with Crippen LogP contribution >= 0.6 is 0 Å². The van der Waals surface area contributed by atoms with E-state index >= 15 is 0 Å². The quantitative estimate of drug-likeness (QED) is 0.770. The molecule has 6 heteroatoms. The van der Waals surface area contributed by atoms with Crippen LogP contribution in [0.1, 0.15) is 61.4 Å². The third-order valence-corrected chi connectivity index (χ3v) is 8.45. The maximum atomic E-state index is 13.1. The first-order valence-electron chi connectivity index (χ1n) is 12.4. The Labute approximate surface area is 190 Å². The molecule has 6 rings (SSSR count). The Morgan fingerprint density at radius 2 is 1.41 bits per heavy atom. The standard InChI is InChI=1S/C26H35N3O3/c1-2-18-3-5-22(6-4-18)24(31)29-9-7-28(8-10-29)23(30)17-27-25(32)26-14-19-11-20(15-26)13-21(12-19)16-26/h3-6,19-21H,2,7-17H2,1H3,(H,27,32). The van der Waals surface area contributed by atoms with Crippen molar-refractivity contribution >= 4 is 17.7 Å². The van der Waals surface area contributed by atoms with Crippen LogP contribution in [-0.2, 0) is 16.0 Å². The summed E-state index contributed by atoms with van der Waals surface area (Å²) in [5.74, 6) is 2.23. The van der Waals surface area contributed by atoms with Crippen LogP contribution in [-0.4, -0.2) is 60.2 Å². The van der Waals surface area contributed by atoms with Gasteiger partial charge < -0.3 is 15.1 Å². The van der Waals surface area contributed by atoms with Crippen molar-refractivity contribution in [3.8, 4) is 0 Å². The van der Waals surface area contributed by atoms with Gasteiger partial charge in [-0.15, -0.1) is 0 Å². The first-order chi connectivity index (χ1) is 15.5. The van der Waals surface area contributed by atoms with Gasteiger partial charge in [-0.3, -0.25) is 14.4 Å². The zero-order chi connectivity index (χ0) is 22.3. The molecule has 5 fully saturated rings. The minimum atomic E-state index is -0.215. The van der Waals surface area contributed by atoms with Crippen LogP contribution in [0.2, 0.25) is 0 Å². The molecule has 1 saturated heterocycles. The highest BCUT2D eigenvalue weighted by atomic mass is 16.2. The second-order valence-electron chi connectivity index (χ2n) is 10.6. The molecule has 4 saturated carbocycles. The van der Waals surface area contributed by atoms with Gasteiger partial charge in [-0.1, -0.05) is 19.1 Å². The molecule has 1 aromatic carbocycles. The highest BCUT2D eigenvalue weighted by Gasteiger charge is 2.54. The van der Waals surface area contributed by atoms with Crippen LogP contribution in [0.15, 0.2) is 24.3 Å². The lowest BCUT2D eigenvalue weighted by Crippen LogP contribution is -2.56. The fourth-order valence-electron chi connectivity index (χ4n) is 7.07. The van der Waals surface area contributed by atoms with Crippen LogP contribution in [0, 0.1) is 23.2 Å². The van der Waals surface area contributed by atoms with E-state index in [9.17, 15) is 14.4 Å². The molecule has 0 atom stereocenters. The van der Waals surface area contributed by atoms with Crippen molar-refractivity contribution in [2.75, 3.05) is 32.7 Å². The largest absolute Gasteiger partial charge is 0.347 e. The summed E-state index contributed by atoms with van der Waals surface area (Å²) in [6.45, 7) is 4.27. The zero-order valence-corrected chi connectivity index (χ0v) is 19.1. The first kappa shape index (κ1) is 21.5. The van der Waals surface area contributed by atoms with Gasteiger partial charge in [0.1, 0.15) is 0 Å². The van der Waals surface area contributed by atoms with Crippen molar-refractivity contribution < 1.29 is 14.4 Å². The predicted octanol–water partition coefficient (Wildman–Crippen LogP) is 2.87. The Bertz CT molecular complexity index is 851. The molecule has 1 heterocycles. The summed E-state index contributed by atoms with van der Waals surface area (Å²) in [4.78, 5) is 42.2. The number of rotatable bonds is 5. The Morgan fingerprint density at radius 1 is 0.875 bits per heavy atom. The zero-order valence-electron chi connectivity index (χ0n) is 19.1. The van der Waals surface area contributed by atoms with E-state index in [1.54, 1.807) is 4.90 Å². The van der Waals surface area contributed by atoms with Gasteiger partial charge >= 0.3 is 0 Å². The van der Waals surface area contributed by atoms with Gasteiger partial charge in [0.25, 0.3) is 5.91 Å². The number of benzene rings is 1. The van der Waals surface area contributed by atoms with E-state index in [-0.39, 0.29) is 29.7 Å². The molecule has 1 aliphatic heterocycles. The van der Waals surface area contributed by atoms with Gasteiger partial charge in [-0.05, 0) is 80.4 Å². The van der Waals surface area contributed by atoms with Gasteiger partial charge in [0.05, 0.1) is 6.54 Å². The molecular formula is C26H35N3O3. The van der Waals surface area contributed by atoms with E-state index in [0.717, 1.165) is 25.7 Å². The van der Waals surface area contributed by atoms with Crippen LogP contribution in [0.5, 0.6) is 0 Å². The maximum absolute atomic E-state index is 13.1. The lowest BCUT2D eigenvalue weighted by molar-refractivity contribution is -0.148. The second-order valence-corrected chi connectivity index (χ2v) is 10.6. The average Bonchev–Trinajstić information content (AvgIpc) is 2.81. The molecule has 5 aliphatic rings. The molecule has 1 aromatic rings. The molecule has 6 nitrogen and oxygen atoms in total. The van der Waals surface area contributed by atoms with E-state index in [1.807, 2.05) is 29.2 Å².